The lowest BCUT2D eigenvalue weighted by molar-refractivity contribution is -0.132. The summed E-state index contributed by atoms with van der Waals surface area (Å²) in [5.74, 6) is -1.35. The van der Waals surface area contributed by atoms with Gasteiger partial charge in [-0.2, -0.15) is 0 Å². The molecular weight excluding hydrogens is 356 g/mol. The molecule has 0 fully saturated rings. The third-order valence-electron chi connectivity index (χ3n) is 4.18. The molecule has 142 valence electrons. The summed E-state index contributed by atoms with van der Waals surface area (Å²) >= 11 is 6.00. The van der Waals surface area contributed by atoms with Crippen LogP contribution in [0.15, 0.2) is 17.7 Å². The van der Waals surface area contributed by atoms with Crippen molar-refractivity contribution in [3.8, 4) is 0 Å². The second-order valence-corrected chi connectivity index (χ2v) is 8.19. The Balaban J connectivity index is 2.24. The van der Waals surface area contributed by atoms with Crippen molar-refractivity contribution in [2.75, 3.05) is 0 Å². The Labute approximate surface area is 158 Å². The average Bonchev–Trinajstić information content (AvgIpc) is 2.82. The molecule has 1 heterocycles. The molecule has 2 atom stereocenters. The fourth-order valence-corrected chi connectivity index (χ4v) is 3.09. The number of nitrogens with zero attached hydrogens (tertiary/aromatic N) is 1. The Morgan fingerprint density at radius 2 is 2.00 bits per heavy atom. The predicted octanol–water partition coefficient (Wildman–Crippen LogP) is 4.24. The molecule has 0 aromatic carbocycles. The van der Waals surface area contributed by atoms with E-state index in [1.165, 1.54) is 0 Å². The Bertz CT molecular complexity index is 738. The molecule has 0 aliphatic heterocycles. The summed E-state index contributed by atoms with van der Waals surface area (Å²) in [6.07, 6.45) is 1.50. The minimum absolute atomic E-state index is 0.0841. The van der Waals surface area contributed by atoms with E-state index < -0.39 is 23.6 Å². The van der Waals surface area contributed by atoms with Crippen LogP contribution >= 0.6 is 11.6 Å². The van der Waals surface area contributed by atoms with E-state index in [1.54, 1.807) is 39.0 Å². The van der Waals surface area contributed by atoms with Gasteiger partial charge in [-0.3, -0.25) is 0 Å². The van der Waals surface area contributed by atoms with Gasteiger partial charge in [0.05, 0.1) is 5.69 Å². The van der Waals surface area contributed by atoms with Crippen molar-refractivity contribution in [3.05, 3.63) is 34.1 Å². The van der Waals surface area contributed by atoms with Crippen molar-refractivity contribution < 1.29 is 19.4 Å². The van der Waals surface area contributed by atoms with Gasteiger partial charge in [-0.25, -0.2) is 14.6 Å². The molecular formula is C19H25ClN2O4. The van der Waals surface area contributed by atoms with E-state index in [4.69, 9.17) is 16.3 Å². The molecule has 0 bridgehead atoms. The van der Waals surface area contributed by atoms with Crippen LogP contribution in [0.1, 0.15) is 58.2 Å². The lowest BCUT2D eigenvalue weighted by Gasteiger charge is -2.28. The molecule has 26 heavy (non-hydrogen) atoms. The summed E-state index contributed by atoms with van der Waals surface area (Å²) in [6.45, 7) is 9.31. The zero-order chi connectivity index (χ0) is 19.6. The molecule has 0 radical (unpaired) electrons. The smallest absolute Gasteiger partial charge is 0.407 e. The summed E-state index contributed by atoms with van der Waals surface area (Å²) in [5.41, 5.74) is 1.03. The number of rotatable bonds is 5. The van der Waals surface area contributed by atoms with Crippen LogP contribution in [-0.2, 0) is 9.53 Å². The van der Waals surface area contributed by atoms with Gasteiger partial charge in [0, 0.05) is 17.5 Å². The van der Waals surface area contributed by atoms with Crippen LogP contribution in [0.25, 0.3) is 6.08 Å². The largest absolute Gasteiger partial charge is 0.478 e. The molecule has 1 aromatic rings. The number of hydrogen-bond acceptors (Lipinski definition) is 4. The van der Waals surface area contributed by atoms with Crippen LogP contribution in [0.5, 0.6) is 0 Å². The van der Waals surface area contributed by atoms with Crippen LogP contribution in [0, 0.1) is 5.92 Å². The van der Waals surface area contributed by atoms with Crippen LogP contribution in [0.4, 0.5) is 4.79 Å². The number of carbonyl (C=O) groups excluding carboxylic acids is 1. The molecule has 0 saturated carbocycles. The number of alkyl carbamates (subject to hydrolysis) is 1. The molecule has 6 nitrogen and oxygen atoms in total. The van der Waals surface area contributed by atoms with E-state index in [0.29, 0.717) is 17.3 Å². The summed E-state index contributed by atoms with van der Waals surface area (Å²) in [5, 5.41) is 12.7. The third-order valence-corrected chi connectivity index (χ3v) is 4.39. The maximum absolute atomic E-state index is 12.2. The Morgan fingerprint density at radius 3 is 2.54 bits per heavy atom. The quantitative estimate of drug-likeness (QED) is 0.746. The third kappa shape index (κ3) is 4.97. The molecule has 2 N–H and O–H groups in total. The van der Waals surface area contributed by atoms with E-state index in [9.17, 15) is 14.7 Å². The lowest BCUT2D eigenvalue weighted by Crippen LogP contribution is -2.42. The molecule has 1 amide bonds. The number of aromatic nitrogens is 1. The average molecular weight is 381 g/mol. The van der Waals surface area contributed by atoms with Crippen molar-refractivity contribution in [2.24, 2.45) is 5.92 Å². The summed E-state index contributed by atoms with van der Waals surface area (Å²) in [6, 6.07) is 3.13. The Kier molecular flexibility index (Phi) is 5.96. The molecule has 2 rings (SSSR count). The second kappa shape index (κ2) is 7.66. The first-order valence-corrected chi connectivity index (χ1v) is 8.96. The number of carboxylic acid groups (broad SMARTS) is 1. The van der Waals surface area contributed by atoms with Crippen molar-refractivity contribution >= 4 is 29.7 Å². The molecule has 0 saturated heterocycles. The number of hydrogen-bond donors (Lipinski definition) is 2. The van der Waals surface area contributed by atoms with Gasteiger partial charge in [-0.05, 0) is 50.8 Å². The highest BCUT2D eigenvalue weighted by Gasteiger charge is 2.34. The highest BCUT2D eigenvalue weighted by Crippen LogP contribution is 2.39. The molecule has 0 spiro atoms. The second-order valence-electron chi connectivity index (χ2n) is 7.80. The van der Waals surface area contributed by atoms with Gasteiger partial charge < -0.3 is 15.2 Å². The number of ether oxygens (including phenoxy) is 1. The first-order valence-electron chi connectivity index (χ1n) is 8.58. The maximum atomic E-state index is 12.2. The van der Waals surface area contributed by atoms with E-state index >= 15 is 0 Å². The van der Waals surface area contributed by atoms with E-state index in [0.717, 1.165) is 5.56 Å². The van der Waals surface area contributed by atoms with Crippen LogP contribution in [0.2, 0.25) is 5.15 Å². The predicted molar refractivity (Wildman–Crippen MR) is 100 cm³/mol. The number of fused-ring (bicyclic) bond motifs is 1. The fraction of sp³-hybridized carbons (Fsp3) is 0.526. The Morgan fingerprint density at radius 1 is 1.35 bits per heavy atom. The van der Waals surface area contributed by atoms with Crippen molar-refractivity contribution in [3.63, 3.8) is 0 Å². The van der Waals surface area contributed by atoms with Crippen LogP contribution in [-0.4, -0.2) is 33.8 Å². The van der Waals surface area contributed by atoms with Crippen molar-refractivity contribution in [1.82, 2.24) is 10.3 Å². The fourth-order valence-electron chi connectivity index (χ4n) is 2.94. The van der Waals surface area contributed by atoms with Gasteiger partial charge in [-0.15, -0.1) is 0 Å². The zero-order valence-electron chi connectivity index (χ0n) is 15.7. The van der Waals surface area contributed by atoms with Gasteiger partial charge in [0.25, 0.3) is 0 Å². The minimum atomic E-state index is -0.996. The maximum Gasteiger partial charge on any atom is 0.407 e. The number of carbonyl (C=O) groups is 2. The molecule has 1 aliphatic rings. The molecule has 1 aliphatic carbocycles. The number of nitrogens with one attached hydrogen (secondary N) is 1. The monoisotopic (exact) mass is 380 g/mol. The van der Waals surface area contributed by atoms with Crippen LogP contribution in [0.3, 0.4) is 0 Å². The number of amides is 1. The molecule has 1 aromatic heterocycles. The van der Waals surface area contributed by atoms with E-state index in [-0.39, 0.29) is 17.5 Å². The normalized spacial score (nSPS) is 17.5. The standard InChI is InChI=1S/C19H25ClN2O4/c1-10(2)14(21-18(25)26-19(3,4)5)9-12-13(17(23)24)8-11-6-7-15(20)22-16(11)12/h6-8,10,12,14H,9H2,1-5H3,(H,21,25)(H,23,24). The highest BCUT2D eigenvalue weighted by molar-refractivity contribution is 6.29. The van der Waals surface area contributed by atoms with Gasteiger partial charge in [-0.1, -0.05) is 31.5 Å². The summed E-state index contributed by atoms with van der Waals surface area (Å²) < 4.78 is 5.33. The number of aliphatic carboxylic acids is 1. The summed E-state index contributed by atoms with van der Waals surface area (Å²) in [4.78, 5) is 28.2. The highest BCUT2D eigenvalue weighted by atomic mass is 35.5. The Hall–Kier alpha value is -2.08. The first kappa shape index (κ1) is 20.2. The molecule has 2 unspecified atom stereocenters. The van der Waals surface area contributed by atoms with Crippen molar-refractivity contribution in [1.29, 1.82) is 0 Å². The van der Waals surface area contributed by atoms with Gasteiger partial charge in [0.2, 0.25) is 0 Å². The SMILES string of the molecule is CC(C)C(CC1C(C(=O)O)=Cc2ccc(Cl)nc21)NC(=O)OC(C)(C)C. The van der Waals surface area contributed by atoms with Crippen LogP contribution < -0.4 is 5.32 Å². The van der Waals surface area contributed by atoms with E-state index in [1.807, 2.05) is 13.8 Å². The van der Waals surface area contributed by atoms with Gasteiger partial charge in [0.1, 0.15) is 10.8 Å². The van der Waals surface area contributed by atoms with Gasteiger partial charge in [0.15, 0.2) is 0 Å². The lowest BCUT2D eigenvalue weighted by atomic mass is 9.88. The topological polar surface area (TPSA) is 88.5 Å². The van der Waals surface area contributed by atoms with Gasteiger partial charge >= 0.3 is 12.1 Å². The summed E-state index contributed by atoms with van der Waals surface area (Å²) in [7, 11) is 0. The van der Waals surface area contributed by atoms with Crippen molar-refractivity contribution in [2.45, 2.75) is 58.6 Å². The number of carboxylic acids is 1. The molecule has 7 heteroatoms. The number of halogens is 1. The minimum Gasteiger partial charge on any atom is -0.478 e. The zero-order valence-corrected chi connectivity index (χ0v) is 16.4. The van der Waals surface area contributed by atoms with E-state index in [2.05, 4.69) is 10.3 Å². The first-order chi connectivity index (χ1) is 12.0. The number of pyridine rings is 1.